The number of halogens is 6. The molecular formula is C13H14F6IrP2-. The van der Waals surface area contributed by atoms with Crippen molar-refractivity contribution in [1.29, 1.82) is 0 Å². The molecular weight excluding hydrogens is 524 g/mol. The molecule has 0 N–H and O–H groups in total. The van der Waals surface area contributed by atoms with Crippen LogP contribution >= 0.6 is 13.3 Å². The van der Waals surface area contributed by atoms with Crippen molar-refractivity contribution in [3.63, 3.8) is 0 Å². The first-order chi connectivity index (χ1) is 9.66. The zero-order valence-corrected chi connectivity index (χ0v) is 15.6. The third-order valence-electron chi connectivity index (χ3n) is 2.61. The summed E-state index contributed by atoms with van der Waals surface area (Å²) in [4.78, 5) is 0. The molecule has 0 fully saturated rings. The van der Waals surface area contributed by atoms with Gasteiger partial charge < -0.3 is 0 Å². The van der Waals surface area contributed by atoms with Crippen LogP contribution in [0.15, 0.2) is 60.7 Å². The molecule has 0 saturated heterocycles. The Kier molecular flexibility index (Phi) is 5.22. The molecule has 0 spiro atoms. The predicted octanol–water partition coefficient (Wildman–Crippen LogP) is 5.86. The van der Waals surface area contributed by atoms with E-state index >= 15 is 0 Å². The van der Waals surface area contributed by atoms with Gasteiger partial charge in [0.15, 0.2) is 0 Å². The molecule has 22 heavy (non-hydrogen) atoms. The van der Waals surface area contributed by atoms with Crippen molar-refractivity contribution in [2.75, 3.05) is 6.66 Å². The van der Waals surface area contributed by atoms with Crippen LogP contribution in [0.3, 0.4) is 0 Å². The van der Waals surface area contributed by atoms with E-state index in [-0.39, 0.29) is 0 Å². The molecule has 0 heterocycles. The van der Waals surface area contributed by atoms with Gasteiger partial charge in [0.05, 0.1) is 0 Å². The first kappa shape index (κ1) is 19.6. The molecule has 0 saturated carbocycles. The van der Waals surface area contributed by atoms with Crippen LogP contribution in [-0.2, 0) is 18.4 Å². The van der Waals surface area contributed by atoms with Crippen LogP contribution in [0.1, 0.15) is 0 Å². The van der Waals surface area contributed by atoms with Gasteiger partial charge >= 0.3 is 135 Å². The van der Waals surface area contributed by atoms with Gasteiger partial charge in [-0.3, -0.25) is 0 Å². The molecule has 2 aromatic rings. The monoisotopic (exact) mass is 539 g/mol. The molecule has 0 atom stereocenters. The van der Waals surface area contributed by atoms with Gasteiger partial charge in [0.2, 0.25) is 0 Å². The summed E-state index contributed by atoms with van der Waals surface area (Å²) in [6.45, 7) is 2.40. The van der Waals surface area contributed by atoms with Crippen molar-refractivity contribution in [1.82, 2.24) is 0 Å². The predicted molar refractivity (Wildman–Crippen MR) is 80.0 cm³/mol. The van der Waals surface area contributed by atoms with Crippen LogP contribution in [-0.4, -0.2) is 6.66 Å². The number of hydrogen-bond donors (Lipinski definition) is 0. The van der Waals surface area contributed by atoms with E-state index in [4.69, 9.17) is 0 Å². The van der Waals surface area contributed by atoms with E-state index in [0.29, 0.717) is 0 Å². The first-order valence-electron chi connectivity index (χ1n) is 6.00. The van der Waals surface area contributed by atoms with E-state index in [1.165, 1.54) is 10.6 Å². The minimum atomic E-state index is -10.7. The number of hydrogen-bond acceptors (Lipinski definition) is 0. The van der Waals surface area contributed by atoms with Crippen LogP contribution < -0.4 is 10.6 Å². The van der Waals surface area contributed by atoms with Crippen LogP contribution in [0.4, 0.5) is 25.2 Å². The standard InChI is InChI=1S/C13H13P.F6P.Ir/c1-14(12-8-4-2-5-9-12)13-10-6-3-7-11-13;1-7(2,3,4,5)6;/h2-11H,1H3;;/q;2*-1/p+1. The average molecular weight is 538 g/mol. The quantitative estimate of drug-likeness (QED) is 0.332. The second-order valence-corrected chi connectivity index (χ2v) is 16.8. The van der Waals surface area contributed by atoms with Crippen LogP contribution in [0.5, 0.6) is 0 Å². The molecule has 0 aliphatic heterocycles. The molecule has 0 aliphatic rings. The van der Waals surface area contributed by atoms with Gasteiger partial charge in [-0.15, -0.1) is 0 Å². The molecule has 0 aliphatic carbocycles. The van der Waals surface area contributed by atoms with E-state index in [0.717, 1.165) is 0 Å². The Morgan fingerprint density at radius 3 is 1.14 bits per heavy atom. The normalized spacial score (nSPS) is 15.9. The topological polar surface area (TPSA) is 0 Å². The van der Waals surface area contributed by atoms with Crippen molar-refractivity contribution in [3.05, 3.63) is 60.7 Å². The third-order valence-corrected chi connectivity index (χ3v) is 9.54. The van der Waals surface area contributed by atoms with E-state index in [2.05, 4.69) is 85.7 Å². The summed E-state index contributed by atoms with van der Waals surface area (Å²) in [5, 5.41) is 2.99. The van der Waals surface area contributed by atoms with Gasteiger partial charge in [-0.2, -0.15) is 0 Å². The summed E-state index contributed by atoms with van der Waals surface area (Å²) in [5.74, 6) is 0. The Balaban J connectivity index is 0.000000295. The molecule has 0 radical (unpaired) electrons. The fourth-order valence-electron chi connectivity index (χ4n) is 1.65. The van der Waals surface area contributed by atoms with E-state index in [1.54, 1.807) is 0 Å². The molecule has 9 heteroatoms. The van der Waals surface area contributed by atoms with Crippen molar-refractivity contribution >= 4 is 23.9 Å². The van der Waals surface area contributed by atoms with Crippen molar-refractivity contribution in [2.24, 2.45) is 0 Å². The Morgan fingerprint density at radius 1 is 0.682 bits per heavy atom. The van der Waals surface area contributed by atoms with Crippen molar-refractivity contribution in [2.45, 2.75) is 0 Å². The summed E-state index contributed by atoms with van der Waals surface area (Å²) in [5.41, 5.74) is -1.46. The van der Waals surface area contributed by atoms with Gasteiger partial charge in [-0.05, 0) is 0 Å². The molecule has 0 nitrogen and oxygen atoms in total. The summed E-state index contributed by atoms with van der Waals surface area (Å²) in [6, 6.07) is 21.7. The minimum absolute atomic E-state index is 1.46. The zero-order valence-electron chi connectivity index (χ0n) is 11.3. The fraction of sp³-hybridized carbons (Fsp3) is 0.0769. The van der Waals surface area contributed by atoms with Gasteiger partial charge in [0.25, 0.3) is 0 Å². The van der Waals surface area contributed by atoms with Crippen LogP contribution in [0.2, 0.25) is 0 Å². The van der Waals surface area contributed by atoms with E-state index < -0.39 is 13.3 Å². The summed E-state index contributed by atoms with van der Waals surface area (Å²) < 4.78 is 59.2. The second-order valence-electron chi connectivity index (χ2n) is 4.65. The second kappa shape index (κ2) is 5.87. The number of benzene rings is 2. The zero-order chi connectivity index (χ0) is 17.1. The summed E-state index contributed by atoms with van der Waals surface area (Å²) in [6.07, 6.45) is 0. The van der Waals surface area contributed by atoms with Gasteiger partial charge in [0, 0.05) is 0 Å². The maximum absolute atomic E-state index is 10.7. The van der Waals surface area contributed by atoms with Gasteiger partial charge in [0.1, 0.15) is 0 Å². The Morgan fingerprint density at radius 2 is 0.909 bits per heavy atom. The van der Waals surface area contributed by atoms with Crippen molar-refractivity contribution < 1.29 is 43.6 Å². The third kappa shape index (κ3) is 8.85. The number of rotatable bonds is 2. The van der Waals surface area contributed by atoms with E-state index in [1.807, 2.05) is 0 Å². The SMILES string of the molecule is C[PH]([Ir])(c1ccccc1)c1ccccc1.F[P-](F)(F)(F)(F)F. The molecule has 0 bridgehead atoms. The molecule has 0 amide bonds. The Bertz CT molecular complexity index is 558. The van der Waals surface area contributed by atoms with Crippen LogP contribution in [0, 0.1) is 0 Å². The van der Waals surface area contributed by atoms with Crippen LogP contribution in [0.25, 0.3) is 0 Å². The summed E-state index contributed by atoms with van der Waals surface area (Å²) in [7, 11) is -10.7. The molecule has 0 aromatic heterocycles. The Labute approximate surface area is 135 Å². The fourth-order valence-corrected chi connectivity index (χ4v) is 5.99. The average Bonchev–Trinajstić information content (AvgIpc) is 2.37. The van der Waals surface area contributed by atoms with E-state index in [9.17, 15) is 25.2 Å². The van der Waals surface area contributed by atoms with Crippen molar-refractivity contribution in [3.8, 4) is 0 Å². The van der Waals surface area contributed by atoms with Gasteiger partial charge in [-0.25, -0.2) is 0 Å². The van der Waals surface area contributed by atoms with Gasteiger partial charge in [-0.1, -0.05) is 0 Å². The maximum atomic E-state index is 9.87. The molecule has 0 unspecified atom stereocenters. The molecule has 2 aromatic carbocycles. The first-order valence-corrected chi connectivity index (χ1v) is 14.0. The summed E-state index contributed by atoms with van der Waals surface area (Å²) >= 11 is 2.40. The Hall–Kier alpha value is -0.471. The molecule has 128 valence electrons. The molecule has 2 rings (SSSR count).